The lowest BCUT2D eigenvalue weighted by molar-refractivity contribution is 0.0727. The zero-order chi connectivity index (χ0) is 20.4. The molecule has 1 aliphatic rings. The van der Waals surface area contributed by atoms with E-state index in [1.54, 1.807) is 50.6 Å². The largest absolute Gasteiger partial charge is 0.493 e. The van der Waals surface area contributed by atoms with E-state index in [0.717, 1.165) is 16.8 Å². The molecule has 0 aliphatic carbocycles. The third kappa shape index (κ3) is 3.46. The topological polar surface area (TPSA) is 102 Å². The molecule has 1 N–H and O–H groups in total. The van der Waals surface area contributed by atoms with E-state index in [1.165, 1.54) is 6.33 Å². The van der Waals surface area contributed by atoms with E-state index >= 15 is 0 Å². The molecule has 9 heteroatoms. The van der Waals surface area contributed by atoms with Gasteiger partial charge in [0.05, 0.1) is 32.7 Å². The number of hydrogen-bond acceptors (Lipinski definition) is 7. The van der Waals surface area contributed by atoms with E-state index in [0.29, 0.717) is 48.1 Å². The predicted molar refractivity (Wildman–Crippen MR) is 104 cm³/mol. The first-order valence-corrected chi connectivity index (χ1v) is 9.07. The molecular weight excluding hydrogens is 374 g/mol. The summed E-state index contributed by atoms with van der Waals surface area (Å²) in [5.41, 5.74) is 3.72. The SMILES string of the molecule is COc1cc(-c2cc(C(=O)N3CCc4ncncc4C3)[nH]n2)cc(OC)c1OC. The lowest BCUT2D eigenvalue weighted by atomic mass is 10.1. The predicted octanol–water partition coefficient (Wildman–Crippen LogP) is 2.09. The maximum atomic E-state index is 12.9. The number of benzene rings is 1. The second-order valence-electron chi connectivity index (χ2n) is 6.55. The number of aromatic amines is 1. The number of fused-ring (bicyclic) bond motifs is 1. The Morgan fingerprint density at radius 1 is 1.10 bits per heavy atom. The standard InChI is InChI=1S/C20H21N5O4/c1-27-17-6-12(7-18(28-2)19(17)29-3)15-8-16(24-23-15)20(26)25-5-4-14-13(10-25)9-21-11-22-14/h6-9,11H,4-5,10H2,1-3H3,(H,23,24). The Labute approximate surface area is 167 Å². The number of methoxy groups -OCH3 is 3. The van der Waals surface area contributed by atoms with Crippen molar-refractivity contribution in [2.24, 2.45) is 0 Å². The van der Waals surface area contributed by atoms with E-state index in [1.807, 2.05) is 0 Å². The molecular formula is C20H21N5O4. The van der Waals surface area contributed by atoms with Crippen molar-refractivity contribution in [1.29, 1.82) is 0 Å². The van der Waals surface area contributed by atoms with Crippen LogP contribution >= 0.6 is 0 Å². The van der Waals surface area contributed by atoms with E-state index in [2.05, 4.69) is 20.2 Å². The van der Waals surface area contributed by atoms with E-state index in [-0.39, 0.29) is 5.91 Å². The first kappa shape index (κ1) is 18.7. The fraction of sp³-hybridized carbons (Fsp3) is 0.300. The number of ether oxygens (including phenoxy) is 3. The zero-order valence-electron chi connectivity index (χ0n) is 16.4. The van der Waals surface area contributed by atoms with Crippen molar-refractivity contribution in [3.05, 3.63) is 47.7 Å². The van der Waals surface area contributed by atoms with Crippen LogP contribution in [0.15, 0.2) is 30.7 Å². The van der Waals surface area contributed by atoms with Gasteiger partial charge in [-0.05, 0) is 18.2 Å². The van der Waals surface area contributed by atoms with Gasteiger partial charge in [-0.25, -0.2) is 9.97 Å². The summed E-state index contributed by atoms with van der Waals surface area (Å²) in [6.07, 6.45) is 4.00. The molecule has 0 fully saturated rings. The smallest absolute Gasteiger partial charge is 0.272 e. The van der Waals surface area contributed by atoms with Crippen LogP contribution in [0.4, 0.5) is 0 Å². The zero-order valence-corrected chi connectivity index (χ0v) is 16.4. The molecule has 9 nitrogen and oxygen atoms in total. The average molecular weight is 395 g/mol. The molecule has 0 saturated carbocycles. The van der Waals surface area contributed by atoms with Gasteiger partial charge >= 0.3 is 0 Å². The molecule has 150 valence electrons. The van der Waals surface area contributed by atoms with Crippen molar-refractivity contribution in [1.82, 2.24) is 25.1 Å². The first-order chi connectivity index (χ1) is 14.1. The quantitative estimate of drug-likeness (QED) is 0.706. The van der Waals surface area contributed by atoms with Crippen molar-refractivity contribution >= 4 is 5.91 Å². The molecule has 0 saturated heterocycles. The van der Waals surface area contributed by atoms with Crippen LogP contribution in [0.5, 0.6) is 17.2 Å². The Morgan fingerprint density at radius 2 is 1.86 bits per heavy atom. The maximum Gasteiger partial charge on any atom is 0.272 e. The highest BCUT2D eigenvalue weighted by Gasteiger charge is 2.24. The Morgan fingerprint density at radius 3 is 2.55 bits per heavy atom. The van der Waals surface area contributed by atoms with Crippen molar-refractivity contribution in [2.45, 2.75) is 13.0 Å². The minimum atomic E-state index is -0.120. The fourth-order valence-corrected chi connectivity index (χ4v) is 3.42. The molecule has 0 radical (unpaired) electrons. The Kier molecular flexibility index (Phi) is 5.03. The monoisotopic (exact) mass is 395 g/mol. The third-order valence-corrected chi connectivity index (χ3v) is 4.92. The van der Waals surface area contributed by atoms with E-state index in [4.69, 9.17) is 14.2 Å². The van der Waals surface area contributed by atoms with Gasteiger partial charge in [0.2, 0.25) is 5.75 Å². The number of aromatic nitrogens is 4. The van der Waals surface area contributed by atoms with Crippen molar-refractivity contribution < 1.29 is 19.0 Å². The summed E-state index contributed by atoms with van der Waals surface area (Å²) < 4.78 is 16.1. The van der Waals surface area contributed by atoms with Gasteiger partial charge in [-0.15, -0.1) is 0 Å². The summed E-state index contributed by atoms with van der Waals surface area (Å²) in [5, 5.41) is 7.15. The van der Waals surface area contributed by atoms with E-state index in [9.17, 15) is 4.79 Å². The van der Waals surface area contributed by atoms with Gasteiger partial charge in [0, 0.05) is 36.8 Å². The van der Waals surface area contributed by atoms with Crippen LogP contribution in [0.3, 0.4) is 0 Å². The molecule has 0 bridgehead atoms. The van der Waals surface area contributed by atoms with Crippen LogP contribution in [0.25, 0.3) is 11.3 Å². The second kappa shape index (κ2) is 7.78. The number of nitrogens with one attached hydrogen (secondary N) is 1. The number of hydrogen-bond donors (Lipinski definition) is 1. The Hall–Kier alpha value is -3.62. The number of carbonyl (C=O) groups excluding carboxylic acids is 1. The van der Waals surface area contributed by atoms with Crippen LogP contribution in [0.1, 0.15) is 21.7 Å². The van der Waals surface area contributed by atoms with Gasteiger partial charge in [0.1, 0.15) is 12.0 Å². The first-order valence-electron chi connectivity index (χ1n) is 9.07. The lowest BCUT2D eigenvalue weighted by Gasteiger charge is -2.27. The highest BCUT2D eigenvalue weighted by Crippen LogP contribution is 2.40. The van der Waals surface area contributed by atoms with Gasteiger partial charge < -0.3 is 19.1 Å². The summed E-state index contributed by atoms with van der Waals surface area (Å²) in [7, 11) is 4.66. The normalized spacial score (nSPS) is 13.0. The van der Waals surface area contributed by atoms with Crippen LogP contribution < -0.4 is 14.2 Å². The number of nitrogens with zero attached hydrogens (tertiary/aromatic N) is 4. The second-order valence-corrected chi connectivity index (χ2v) is 6.55. The van der Waals surface area contributed by atoms with Crippen LogP contribution in [0.2, 0.25) is 0 Å². The highest BCUT2D eigenvalue weighted by molar-refractivity contribution is 5.93. The minimum Gasteiger partial charge on any atom is -0.493 e. The van der Waals surface area contributed by atoms with Gasteiger partial charge in [-0.3, -0.25) is 9.89 Å². The molecule has 0 unspecified atom stereocenters. The van der Waals surface area contributed by atoms with Gasteiger partial charge in [0.15, 0.2) is 11.5 Å². The summed E-state index contributed by atoms with van der Waals surface area (Å²) in [4.78, 5) is 23.0. The molecule has 4 rings (SSSR count). The molecule has 29 heavy (non-hydrogen) atoms. The molecule has 0 spiro atoms. The fourth-order valence-electron chi connectivity index (χ4n) is 3.42. The summed E-state index contributed by atoms with van der Waals surface area (Å²) >= 11 is 0. The van der Waals surface area contributed by atoms with Gasteiger partial charge in [0.25, 0.3) is 5.91 Å². The summed E-state index contributed by atoms with van der Waals surface area (Å²) in [6.45, 7) is 1.08. The van der Waals surface area contributed by atoms with Crippen LogP contribution in [-0.4, -0.2) is 58.8 Å². The van der Waals surface area contributed by atoms with E-state index < -0.39 is 0 Å². The average Bonchev–Trinajstić information content (AvgIpc) is 3.27. The van der Waals surface area contributed by atoms with Crippen molar-refractivity contribution in [3.63, 3.8) is 0 Å². The van der Waals surface area contributed by atoms with Gasteiger partial charge in [-0.1, -0.05) is 0 Å². The molecule has 3 aromatic rings. The van der Waals surface area contributed by atoms with Gasteiger partial charge in [-0.2, -0.15) is 5.10 Å². The number of rotatable bonds is 5. The molecule has 3 heterocycles. The minimum absolute atomic E-state index is 0.120. The molecule has 2 aromatic heterocycles. The molecule has 1 amide bonds. The third-order valence-electron chi connectivity index (χ3n) is 4.92. The number of H-pyrrole nitrogens is 1. The Balaban J connectivity index is 1.60. The van der Waals surface area contributed by atoms with Crippen molar-refractivity contribution in [2.75, 3.05) is 27.9 Å². The lowest BCUT2D eigenvalue weighted by Crippen LogP contribution is -2.36. The number of carbonyl (C=O) groups is 1. The number of amides is 1. The maximum absolute atomic E-state index is 12.9. The van der Waals surface area contributed by atoms with Crippen LogP contribution in [-0.2, 0) is 13.0 Å². The van der Waals surface area contributed by atoms with Crippen molar-refractivity contribution in [3.8, 4) is 28.5 Å². The van der Waals surface area contributed by atoms with Crippen LogP contribution in [0, 0.1) is 0 Å². The summed E-state index contributed by atoms with van der Waals surface area (Å²) in [5.74, 6) is 1.42. The summed E-state index contributed by atoms with van der Waals surface area (Å²) in [6, 6.07) is 5.31. The Bertz CT molecular complexity index is 1020. The molecule has 1 aromatic carbocycles. The molecule has 0 atom stereocenters. The molecule has 1 aliphatic heterocycles. The highest BCUT2D eigenvalue weighted by atomic mass is 16.5.